The summed E-state index contributed by atoms with van der Waals surface area (Å²) in [5.74, 6) is 1.75. The first-order valence-corrected chi connectivity index (χ1v) is 7.14. The van der Waals surface area contributed by atoms with E-state index in [-0.39, 0.29) is 0 Å². The molecule has 6 heteroatoms. The van der Waals surface area contributed by atoms with Gasteiger partial charge in [0.15, 0.2) is 5.82 Å². The van der Waals surface area contributed by atoms with Crippen molar-refractivity contribution in [3.05, 3.63) is 35.1 Å². The van der Waals surface area contributed by atoms with Gasteiger partial charge in [-0.1, -0.05) is 28.9 Å². The molecule has 0 aliphatic carbocycles. The zero-order chi connectivity index (χ0) is 13.9. The molecule has 1 aliphatic rings. The van der Waals surface area contributed by atoms with Crippen LogP contribution in [0.3, 0.4) is 0 Å². The molecule has 1 saturated heterocycles. The first-order valence-electron chi connectivity index (χ1n) is 6.76. The van der Waals surface area contributed by atoms with E-state index in [1.54, 1.807) is 0 Å². The monoisotopic (exact) mass is 292 g/mol. The maximum absolute atomic E-state index is 6.12. The normalized spacial score (nSPS) is 19.6. The maximum atomic E-state index is 6.12. The fraction of sp³-hybridized carbons (Fsp3) is 0.429. The van der Waals surface area contributed by atoms with Crippen molar-refractivity contribution in [2.45, 2.75) is 13.0 Å². The number of aromatic nitrogens is 2. The number of nitrogens with two attached hydrogens (primary N) is 1. The molecule has 1 atom stereocenters. The van der Waals surface area contributed by atoms with Crippen molar-refractivity contribution in [1.29, 1.82) is 0 Å². The second-order valence-corrected chi connectivity index (χ2v) is 5.53. The number of hydrogen-bond donors (Lipinski definition) is 1. The summed E-state index contributed by atoms with van der Waals surface area (Å²) < 4.78 is 5.30. The van der Waals surface area contributed by atoms with Crippen molar-refractivity contribution < 1.29 is 4.52 Å². The van der Waals surface area contributed by atoms with Crippen LogP contribution in [0.2, 0.25) is 5.02 Å². The van der Waals surface area contributed by atoms with Crippen LogP contribution in [0.4, 0.5) is 0 Å². The van der Waals surface area contributed by atoms with Crippen LogP contribution in [0.25, 0.3) is 11.5 Å². The van der Waals surface area contributed by atoms with Gasteiger partial charge >= 0.3 is 0 Å². The van der Waals surface area contributed by atoms with Gasteiger partial charge in [-0.05, 0) is 37.6 Å². The summed E-state index contributed by atoms with van der Waals surface area (Å²) in [5, 5.41) is 4.65. The second kappa shape index (κ2) is 5.91. The van der Waals surface area contributed by atoms with Gasteiger partial charge in [-0.3, -0.25) is 4.90 Å². The van der Waals surface area contributed by atoms with Crippen LogP contribution < -0.4 is 5.73 Å². The lowest BCUT2D eigenvalue weighted by Gasteiger charge is -2.12. The molecule has 3 rings (SSSR count). The topological polar surface area (TPSA) is 68.2 Å². The van der Waals surface area contributed by atoms with Crippen LogP contribution in [0, 0.1) is 5.92 Å². The maximum Gasteiger partial charge on any atom is 0.259 e. The van der Waals surface area contributed by atoms with E-state index in [2.05, 4.69) is 15.0 Å². The highest BCUT2D eigenvalue weighted by Gasteiger charge is 2.23. The fourth-order valence-corrected chi connectivity index (χ4v) is 2.73. The second-order valence-electron chi connectivity index (χ2n) is 5.12. The number of likely N-dealkylation sites (tertiary alicyclic amines) is 1. The van der Waals surface area contributed by atoms with Crippen molar-refractivity contribution in [3.63, 3.8) is 0 Å². The summed E-state index contributed by atoms with van der Waals surface area (Å²) >= 11 is 6.12. The van der Waals surface area contributed by atoms with Gasteiger partial charge in [-0.15, -0.1) is 0 Å². The van der Waals surface area contributed by atoms with Crippen LogP contribution in [-0.2, 0) is 6.54 Å². The largest absolute Gasteiger partial charge is 0.334 e. The molecule has 20 heavy (non-hydrogen) atoms. The third kappa shape index (κ3) is 2.85. The van der Waals surface area contributed by atoms with E-state index in [4.69, 9.17) is 21.9 Å². The van der Waals surface area contributed by atoms with E-state index in [0.717, 1.165) is 31.6 Å². The molecule has 2 N–H and O–H groups in total. The molecule has 0 spiro atoms. The molecule has 0 amide bonds. The molecule has 5 nitrogen and oxygen atoms in total. The zero-order valence-corrected chi connectivity index (χ0v) is 11.9. The van der Waals surface area contributed by atoms with Gasteiger partial charge in [0.05, 0.1) is 17.1 Å². The van der Waals surface area contributed by atoms with E-state index in [1.807, 2.05) is 24.3 Å². The number of benzene rings is 1. The summed E-state index contributed by atoms with van der Waals surface area (Å²) in [7, 11) is 0. The van der Waals surface area contributed by atoms with Crippen LogP contribution in [0.1, 0.15) is 12.2 Å². The van der Waals surface area contributed by atoms with Crippen molar-refractivity contribution in [2.24, 2.45) is 11.7 Å². The van der Waals surface area contributed by atoms with E-state index in [1.165, 1.54) is 0 Å². The Morgan fingerprint density at radius 2 is 2.25 bits per heavy atom. The Kier molecular flexibility index (Phi) is 4.00. The van der Waals surface area contributed by atoms with Crippen LogP contribution in [-0.4, -0.2) is 34.7 Å². The van der Waals surface area contributed by atoms with Crippen LogP contribution in [0.5, 0.6) is 0 Å². The molecule has 2 heterocycles. The van der Waals surface area contributed by atoms with E-state index in [9.17, 15) is 0 Å². The lowest BCUT2D eigenvalue weighted by molar-refractivity contribution is 0.301. The molecule has 1 fully saturated rings. The molecule has 106 valence electrons. The lowest BCUT2D eigenvalue weighted by Crippen LogP contribution is -2.23. The predicted octanol–water partition coefficient (Wildman–Crippen LogP) is 2.17. The minimum Gasteiger partial charge on any atom is -0.334 e. The summed E-state index contributed by atoms with van der Waals surface area (Å²) in [4.78, 5) is 6.72. The molecular weight excluding hydrogens is 276 g/mol. The van der Waals surface area contributed by atoms with Crippen LogP contribution >= 0.6 is 11.6 Å². The van der Waals surface area contributed by atoms with Crippen molar-refractivity contribution in [2.75, 3.05) is 19.6 Å². The SMILES string of the molecule is NCC1CCN(Cc2noc(-c3ccccc3Cl)n2)C1. The van der Waals surface area contributed by atoms with Gasteiger partial charge in [0.1, 0.15) is 0 Å². The fourth-order valence-electron chi connectivity index (χ4n) is 2.51. The van der Waals surface area contributed by atoms with Gasteiger partial charge in [-0.2, -0.15) is 4.98 Å². The summed E-state index contributed by atoms with van der Waals surface area (Å²) in [6.07, 6.45) is 1.14. The summed E-state index contributed by atoms with van der Waals surface area (Å²) in [6, 6.07) is 7.46. The van der Waals surface area contributed by atoms with Gasteiger partial charge in [0, 0.05) is 6.54 Å². The van der Waals surface area contributed by atoms with Crippen molar-refractivity contribution in [3.8, 4) is 11.5 Å². The Bertz CT molecular complexity index is 586. The smallest absolute Gasteiger partial charge is 0.259 e. The van der Waals surface area contributed by atoms with Gasteiger partial charge in [0.2, 0.25) is 0 Å². The van der Waals surface area contributed by atoms with E-state index in [0.29, 0.717) is 29.2 Å². The first-order chi connectivity index (χ1) is 9.76. The van der Waals surface area contributed by atoms with E-state index >= 15 is 0 Å². The Balaban J connectivity index is 1.70. The third-order valence-electron chi connectivity index (χ3n) is 3.64. The number of nitrogens with zero attached hydrogens (tertiary/aromatic N) is 3. The minimum atomic E-state index is 0.472. The van der Waals surface area contributed by atoms with Gasteiger partial charge in [0.25, 0.3) is 5.89 Å². The standard InChI is InChI=1S/C14H17ClN4O/c15-12-4-2-1-3-11(12)14-17-13(18-20-14)9-19-6-5-10(7-16)8-19/h1-4,10H,5-9,16H2. The summed E-state index contributed by atoms with van der Waals surface area (Å²) in [5.41, 5.74) is 6.47. The predicted molar refractivity (Wildman–Crippen MR) is 77.2 cm³/mol. The molecule has 0 saturated carbocycles. The number of rotatable bonds is 4. The molecule has 1 aromatic heterocycles. The molecule has 2 aromatic rings. The zero-order valence-electron chi connectivity index (χ0n) is 11.1. The average Bonchev–Trinajstić information content (AvgIpc) is 3.09. The average molecular weight is 293 g/mol. The van der Waals surface area contributed by atoms with Gasteiger partial charge in [-0.25, -0.2) is 0 Å². The lowest BCUT2D eigenvalue weighted by atomic mass is 10.1. The highest BCUT2D eigenvalue weighted by atomic mass is 35.5. The molecule has 1 unspecified atom stereocenters. The molecule has 0 radical (unpaired) electrons. The minimum absolute atomic E-state index is 0.472. The van der Waals surface area contributed by atoms with Crippen molar-refractivity contribution >= 4 is 11.6 Å². The quantitative estimate of drug-likeness (QED) is 0.935. The van der Waals surface area contributed by atoms with Gasteiger partial charge < -0.3 is 10.3 Å². The van der Waals surface area contributed by atoms with E-state index < -0.39 is 0 Å². The molecule has 1 aromatic carbocycles. The number of hydrogen-bond acceptors (Lipinski definition) is 5. The Morgan fingerprint density at radius 3 is 3.00 bits per heavy atom. The molecule has 1 aliphatic heterocycles. The van der Waals surface area contributed by atoms with Crippen molar-refractivity contribution in [1.82, 2.24) is 15.0 Å². The number of halogens is 1. The first kappa shape index (κ1) is 13.5. The highest BCUT2D eigenvalue weighted by molar-refractivity contribution is 6.33. The molecular formula is C14H17ClN4O. The third-order valence-corrected chi connectivity index (χ3v) is 3.97. The van der Waals surface area contributed by atoms with Crippen LogP contribution in [0.15, 0.2) is 28.8 Å². The Morgan fingerprint density at radius 1 is 1.40 bits per heavy atom. The Hall–Kier alpha value is -1.43. The highest BCUT2D eigenvalue weighted by Crippen LogP contribution is 2.26. The molecule has 0 bridgehead atoms. The summed E-state index contributed by atoms with van der Waals surface area (Å²) in [6.45, 7) is 3.49. The Labute approximate surface area is 122 Å².